The molecule has 1 aromatic heterocycles. The van der Waals surface area contributed by atoms with Crippen LogP contribution in [-0.4, -0.2) is 22.4 Å². The van der Waals surface area contributed by atoms with Crippen LogP contribution in [0.25, 0.3) is 0 Å². The highest BCUT2D eigenvalue weighted by Crippen LogP contribution is 2.26. The lowest BCUT2D eigenvalue weighted by Gasteiger charge is -2.25. The Morgan fingerprint density at radius 1 is 1.30 bits per heavy atom. The van der Waals surface area contributed by atoms with Crippen molar-refractivity contribution in [1.82, 2.24) is 15.1 Å². The van der Waals surface area contributed by atoms with Crippen molar-refractivity contribution in [2.24, 2.45) is 5.92 Å². The molecule has 20 heavy (non-hydrogen) atoms. The molecule has 0 amide bonds. The second kappa shape index (κ2) is 7.82. The normalized spacial score (nSPS) is 24.0. The van der Waals surface area contributed by atoms with E-state index in [1.807, 2.05) is 0 Å². The van der Waals surface area contributed by atoms with Gasteiger partial charge in [-0.1, -0.05) is 26.2 Å². The highest BCUT2D eigenvalue weighted by Gasteiger charge is 2.24. The first-order valence-corrected chi connectivity index (χ1v) is 8.48. The standard InChI is InChI=1S/C17H31N3/c1-4-11-18-17-9-7-5-6-8-15(17)13-16-10-12-20(19-16)14(2)3/h10,12,14-15,17-18H,4-9,11,13H2,1-3H3. The van der Waals surface area contributed by atoms with Crippen molar-refractivity contribution in [2.75, 3.05) is 6.54 Å². The largest absolute Gasteiger partial charge is 0.314 e. The Labute approximate surface area is 124 Å². The van der Waals surface area contributed by atoms with Gasteiger partial charge in [0.1, 0.15) is 0 Å². The molecule has 0 bridgehead atoms. The summed E-state index contributed by atoms with van der Waals surface area (Å²) in [6.07, 6.45) is 11.4. The monoisotopic (exact) mass is 277 g/mol. The van der Waals surface area contributed by atoms with Gasteiger partial charge in [0.05, 0.1) is 5.69 Å². The van der Waals surface area contributed by atoms with Gasteiger partial charge in [-0.2, -0.15) is 5.10 Å². The third kappa shape index (κ3) is 4.34. The molecular formula is C17H31N3. The number of aromatic nitrogens is 2. The maximum absolute atomic E-state index is 4.74. The maximum atomic E-state index is 4.74. The van der Waals surface area contributed by atoms with E-state index in [1.165, 1.54) is 44.2 Å². The first kappa shape index (κ1) is 15.6. The van der Waals surface area contributed by atoms with Gasteiger partial charge in [0, 0.05) is 18.3 Å². The third-order valence-corrected chi connectivity index (χ3v) is 4.48. The zero-order valence-electron chi connectivity index (χ0n) is 13.4. The van der Waals surface area contributed by atoms with Gasteiger partial charge in [0.25, 0.3) is 0 Å². The Morgan fingerprint density at radius 3 is 2.80 bits per heavy atom. The summed E-state index contributed by atoms with van der Waals surface area (Å²) in [5.41, 5.74) is 1.27. The Bertz CT molecular complexity index is 383. The van der Waals surface area contributed by atoms with Crippen molar-refractivity contribution in [3.8, 4) is 0 Å². The molecule has 0 aromatic carbocycles. The number of rotatable bonds is 6. The van der Waals surface area contributed by atoms with Crippen molar-refractivity contribution >= 4 is 0 Å². The topological polar surface area (TPSA) is 29.9 Å². The number of nitrogens with zero attached hydrogens (tertiary/aromatic N) is 2. The predicted molar refractivity (Wildman–Crippen MR) is 85.0 cm³/mol. The highest BCUT2D eigenvalue weighted by molar-refractivity contribution is 5.02. The highest BCUT2D eigenvalue weighted by atomic mass is 15.3. The van der Waals surface area contributed by atoms with Crippen LogP contribution in [0.15, 0.2) is 12.3 Å². The molecule has 114 valence electrons. The first-order chi connectivity index (χ1) is 9.70. The van der Waals surface area contributed by atoms with Gasteiger partial charge in [0.2, 0.25) is 0 Å². The Balaban J connectivity index is 1.98. The van der Waals surface area contributed by atoms with Gasteiger partial charge in [-0.3, -0.25) is 4.68 Å². The zero-order chi connectivity index (χ0) is 14.4. The maximum Gasteiger partial charge on any atom is 0.0628 e. The van der Waals surface area contributed by atoms with Crippen LogP contribution in [0, 0.1) is 5.92 Å². The summed E-state index contributed by atoms with van der Waals surface area (Å²) in [6, 6.07) is 3.37. The zero-order valence-corrected chi connectivity index (χ0v) is 13.4. The first-order valence-electron chi connectivity index (χ1n) is 8.48. The molecule has 0 radical (unpaired) electrons. The van der Waals surface area contributed by atoms with E-state index < -0.39 is 0 Å². The smallest absolute Gasteiger partial charge is 0.0628 e. The van der Waals surface area contributed by atoms with Crippen LogP contribution in [0.1, 0.15) is 71.0 Å². The van der Waals surface area contributed by atoms with E-state index in [-0.39, 0.29) is 0 Å². The molecule has 2 unspecified atom stereocenters. The van der Waals surface area contributed by atoms with E-state index >= 15 is 0 Å². The van der Waals surface area contributed by atoms with Gasteiger partial charge in [-0.25, -0.2) is 0 Å². The molecule has 1 aliphatic rings. The minimum Gasteiger partial charge on any atom is -0.314 e. The fourth-order valence-electron chi connectivity index (χ4n) is 3.27. The van der Waals surface area contributed by atoms with Crippen LogP contribution < -0.4 is 5.32 Å². The predicted octanol–water partition coefficient (Wildman–Crippen LogP) is 3.96. The Kier molecular flexibility index (Phi) is 6.08. The van der Waals surface area contributed by atoms with Crippen LogP contribution in [0.5, 0.6) is 0 Å². The average Bonchev–Trinajstić information content (AvgIpc) is 2.78. The van der Waals surface area contributed by atoms with Crippen LogP contribution in [0.4, 0.5) is 0 Å². The summed E-state index contributed by atoms with van der Waals surface area (Å²) in [5.74, 6) is 0.763. The molecule has 3 heteroatoms. The summed E-state index contributed by atoms with van der Waals surface area (Å²) in [7, 11) is 0. The number of hydrogen-bond donors (Lipinski definition) is 1. The van der Waals surface area contributed by atoms with Gasteiger partial charge in [-0.05, 0) is 58.1 Å². The van der Waals surface area contributed by atoms with Gasteiger partial charge < -0.3 is 5.32 Å². The van der Waals surface area contributed by atoms with Crippen molar-refractivity contribution in [1.29, 1.82) is 0 Å². The molecule has 0 saturated heterocycles. The van der Waals surface area contributed by atoms with Crippen molar-refractivity contribution < 1.29 is 0 Å². The van der Waals surface area contributed by atoms with Crippen molar-refractivity contribution in [3.63, 3.8) is 0 Å². The Morgan fingerprint density at radius 2 is 2.10 bits per heavy atom. The molecule has 1 saturated carbocycles. The molecule has 3 nitrogen and oxygen atoms in total. The molecule has 1 fully saturated rings. The van der Waals surface area contributed by atoms with Crippen LogP contribution >= 0.6 is 0 Å². The molecular weight excluding hydrogens is 246 g/mol. The van der Waals surface area contributed by atoms with Crippen LogP contribution in [0.3, 0.4) is 0 Å². The summed E-state index contributed by atoms with van der Waals surface area (Å²) in [6.45, 7) is 7.78. The molecule has 2 rings (SSSR count). The SMILES string of the molecule is CCCNC1CCCCCC1Cc1ccn(C(C)C)n1. The lowest BCUT2D eigenvalue weighted by molar-refractivity contribution is 0.329. The van der Waals surface area contributed by atoms with E-state index in [4.69, 9.17) is 5.10 Å². The molecule has 1 N–H and O–H groups in total. The van der Waals surface area contributed by atoms with Crippen molar-refractivity contribution in [3.05, 3.63) is 18.0 Å². The molecule has 1 aromatic rings. The molecule has 1 heterocycles. The minimum atomic E-state index is 0.465. The quantitative estimate of drug-likeness (QED) is 0.798. The van der Waals surface area contributed by atoms with Crippen molar-refractivity contribution in [2.45, 2.75) is 77.8 Å². The number of nitrogens with one attached hydrogen (secondary N) is 1. The molecule has 1 aliphatic carbocycles. The Hall–Kier alpha value is -0.830. The average molecular weight is 277 g/mol. The number of hydrogen-bond acceptors (Lipinski definition) is 2. The summed E-state index contributed by atoms with van der Waals surface area (Å²) >= 11 is 0. The third-order valence-electron chi connectivity index (χ3n) is 4.48. The molecule has 0 spiro atoms. The van der Waals surface area contributed by atoms with E-state index in [0.29, 0.717) is 12.1 Å². The minimum absolute atomic E-state index is 0.465. The van der Waals surface area contributed by atoms with Crippen LogP contribution in [-0.2, 0) is 6.42 Å². The summed E-state index contributed by atoms with van der Waals surface area (Å²) < 4.78 is 2.08. The summed E-state index contributed by atoms with van der Waals surface area (Å²) in [4.78, 5) is 0. The van der Waals surface area contributed by atoms with Gasteiger partial charge in [0.15, 0.2) is 0 Å². The van der Waals surface area contributed by atoms with E-state index in [2.05, 4.69) is 43.0 Å². The van der Waals surface area contributed by atoms with E-state index in [1.54, 1.807) is 0 Å². The molecule has 0 aliphatic heterocycles. The second-order valence-corrected chi connectivity index (χ2v) is 6.54. The second-order valence-electron chi connectivity index (χ2n) is 6.54. The fraction of sp³-hybridized carbons (Fsp3) is 0.824. The van der Waals surface area contributed by atoms with E-state index in [9.17, 15) is 0 Å². The molecule has 2 atom stereocenters. The summed E-state index contributed by atoms with van der Waals surface area (Å²) in [5, 5.41) is 8.51. The fourth-order valence-corrected chi connectivity index (χ4v) is 3.27. The van der Waals surface area contributed by atoms with Gasteiger partial charge in [-0.15, -0.1) is 0 Å². The lowest BCUT2D eigenvalue weighted by atomic mass is 9.90. The lowest BCUT2D eigenvalue weighted by Crippen LogP contribution is -2.37. The van der Waals surface area contributed by atoms with E-state index in [0.717, 1.165) is 18.9 Å². The van der Waals surface area contributed by atoms with Crippen LogP contribution in [0.2, 0.25) is 0 Å². The van der Waals surface area contributed by atoms with Gasteiger partial charge >= 0.3 is 0 Å².